The minimum Gasteiger partial charge on any atom is -0.379 e. The van der Waals surface area contributed by atoms with E-state index in [4.69, 9.17) is 21.1 Å². The lowest BCUT2D eigenvalue weighted by molar-refractivity contribution is 0.0562. The Morgan fingerprint density at radius 3 is 2.23 bits per heavy atom. The van der Waals surface area contributed by atoms with Crippen molar-refractivity contribution < 1.29 is 9.47 Å². The first-order valence-corrected chi connectivity index (χ1v) is 5.46. The maximum absolute atomic E-state index is 5.55. The second kappa shape index (κ2) is 12.2. The van der Waals surface area contributed by atoms with Gasteiger partial charge in [0.2, 0.25) is 0 Å². The molecule has 0 N–H and O–H groups in total. The molecule has 0 unspecified atom stereocenters. The van der Waals surface area contributed by atoms with E-state index >= 15 is 0 Å². The first-order chi connectivity index (χ1) is 6.41. The number of hydrogen-bond acceptors (Lipinski definition) is 2. The highest BCUT2D eigenvalue weighted by Gasteiger charge is 1.90. The molecule has 0 fully saturated rings. The molecule has 79 valence electrons. The van der Waals surface area contributed by atoms with Gasteiger partial charge in [0.1, 0.15) is 0 Å². The predicted molar refractivity (Wildman–Crippen MR) is 56.2 cm³/mol. The summed E-state index contributed by atoms with van der Waals surface area (Å²) in [4.78, 5) is 0. The number of alkyl halides is 1. The fourth-order valence-electron chi connectivity index (χ4n) is 0.974. The van der Waals surface area contributed by atoms with Gasteiger partial charge in [-0.15, -0.1) is 11.6 Å². The zero-order valence-electron chi connectivity index (χ0n) is 8.27. The number of unbranched alkanes of at least 4 members (excludes halogenated alkanes) is 3. The Kier molecular flexibility index (Phi) is 12.4. The molecular weight excluding hydrogens is 188 g/mol. The van der Waals surface area contributed by atoms with Crippen LogP contribution in [0.3, 0.4) is 0 Å². The molecule has 0 aliphatic carbocycles. The van der Waals surface area contributed by atoms with Crippen molar-refractivity contribution in [1.82, 2.24) is 0 Å². The Balaban J connectivity index is 2.76. The van der Waals surface area contributed by atoms with Crippen LogP contribution in [0.4, 0.5) is 0 Å². The molecule has 0 spiro atoms. The third-order valence-electron chi connectivity index (χ3n) is 1.69. The highest BCUT2D eigenvalue weighted by Crippen LogP contribution is 2.00. The molecule has 1 radical (unpaired) electrons. The normalized spacial score (nSPS) is 10.6. The van der Waals surface area contributed by atoms with Crippen molar-refractivity contribution in [3.8, 4) is 0 Å². The van der Waals surface area contributed by atoms with E-state index in [0.717, 1.165) is 25.3 Å². The van der Waals surface area contributed by atoms with Crippen molar-refractivity contribution in [1.29, 1.82) is 0 Å². The molecule has 3 heteroatoms. The summed E-state index contributed by atoms with van der Waals surface area (Å²) >= 11 is 5.55. The van der Waals surface area contributed by atoms with Crippen molar-refractivity contribution in [3.05, 3.63) is 6.92 Å². The van der Waals surface area contributed by atoms with Crippen LogP contribution in [0.5, 0.6) is 0 Å². The first-order valence-electron chi connectivity index (χ1n) is 4.92. The average molecular weight is 208 g/mol. The Hall–Kier alpha value is 0.210. The standard InChI is InChI=1S/C10H20ClO2/c1-2-12-9-10-13-8-6-4-3-5-7-11/h1-10H2. The quantitative estimate of drug-likeness (QED) is 0.405. The lowest BCUT2D eigenvalue weighted by Gasteiger charge is -2.03. The van der Waals surface area contributed by atoms with Crippen molar-refractivity contribution >= 4 is 11.6 Å². The summed E-state index contributed by atoms with van der Waals surface area (Å²) in [7, 11) is 0. The summed E-state index contributed by atoms with van der Waals surface area (Å²) in [5.74, 6) is 0.776. The minimum absolute atomic E-state index is 0.527. The van der Waals surface area contributed by atoms with Crippen molar-refractivity contribution in [2.45, 2.75) is 25.7 Å². The Bertz CT molecular complexity index is 79.0. The summed E-state index contributed by atoms with van der Waals surface area (Å²) in [6.07, 6.45) is 4.67. The molecule has 0 heterocycles. The van der Waals surface area contributed by atoms with Gasteiger partial charge in [-0.1, -0.05) is 12.8 Å². The molecule has 0 aliphatic heterocycles. The van der Waals surface area contributed by atoms with Gasteiger partial charge in [-0.3, -0.25) is 0 Å². The van der Waals surface area contributed by atoms with Gasteiger partial charge in [-0.25, -0.2) is 0 Å². The van der Waals surface area contributed by atoms with E-state index in [1.165, 1.54) is 12.8 Å². The van der Waals surface area contributed by atoms with Crippen LogP contribution in [-0.4, -0.2) is 32.3 Å². The molecule has 0 amide bonds. The van der Waals surface area contributed by atoms with Gasteiger partial charge in [-0.05, 0) is 19.8 Å². The molecule has 0 saturated carbocycles. The van der Waals surface area contributed by atoms with Crippen LogP contribution in [0.15, 0.2) is 0 Å². The van der Waals surface area contributed by atoms with E-state index in [2.05, 4.69) is 6.92 Å². The molecule has 0 rings (SSSR count). The summed E-state index contributed by atoms with van der Waals surface area (Å²) in [5.41, 5.74) is 0. The molecule has 0 aromatic carbocycles. The van der Waals surface area contributed by atoms with E-state index in [0.29, 0.717) is 19.8 Å². The lowest BCUT2D eigenvalue weighted by atomic mass is 10.2. The van der Waals surface area contributed by atoms with E-state index in [9.17, 15) is 0 Å². The van der Waals surface area contributed by atoms with Crippen LogP contribution in [-0.2, 0) is 9.47 Å². The third-order valence-corrected chi connectivity index (χ3v) is 1.96. The molecule has 0 bridgehead atoms. The minimum atomic E-state index is 0.527. The van der Waals surface area contributed by atoms with Crippen LogP contribution in [0, 0.1) is 6.92 Å². The molecule has 0 aromatic heterocycles. The summed E-state index contributed by atoms with van der Waals surface area (Å²) in [6.45, 7) is 6.27. The molecule has 0 saturated heterocycles. The molecule has 0 aliphatic rings. The number of hydrogen-bond donors (Lipinski definition) is 0. The van der Waals surface area contributed by atoms with E-state index in [1.54, 1.807) is 0 Å². The monoisotopic (exact) mass is 207 g/mol. The van der Waals surface area contributed by atoms with Crippen LogP contribution < -0.4 is 0 Å². The van der Waals surface area contributed by atoms with Gasteiger partial charge < -0.3 is 9.47 Å². The van der Waals surface area contributed by atoms with Crippen LogP contribution in [0.25, 0.3) is 0 Å². The Morgan fingerprint density at radius 2 is 1.54 bits per heavy atom. The Labute approximate surface area is 86.6 Å². The second-order valence-corrected chi connectivity index (χ2v) is 3.21. The summed E-state index contributed by atoms with van der Waals surface area (Å²) in [5, 5.41) is 0. The van der Waals surface area contributed by atoms with Gasteiger partial charge in [0.25, 0.3) is 0 Å². The van der Waals surface area contributed by atoms with Crippen LogP contribution >= 0.6 is 11.6 Å². The van der Waals surface area contributed by atoms with Crippen LogP contribution in [0.2, 0.25) is 0 Å². The van der Waals surface area contributed by atoms with E-state index < -0.39 is 0 Å². The fourth-order valence-corrected chi connectivity index (χ4v) is 1.16. The van der Waals surface area contributed by atoms with E-state index in [1.807, 2.05) is 0 Å². The second-order valence-electron chi connectivity index (χ2n) is 2.83. The van der Waals surface area contributed by atoms with Gasteiger partial charge in [0, 0.05) is 19.1 Å². The zero-order valence-corrected chi connectivity index (χ0v) is 9.02. The highest BCUT2D eigenvalue weighted by atomic mass is 35.5. The smallest absolute Gasteiger partial charge is 0.0700 e. The van der Waals surface area contributed by atoms with Crippen molar-refractivity contribution in [2.75, 3.05) is 32.3 Å². The SMILES string of the molecule is [CH2]COCCOCCCCCCCl. The molecule has 0 atom stereocenters. The number of rotatable bonds is 10. The molecule has 0 aromatic rings. The predicted octanol–water partition coefficient (Wildman–Crippen LogP) is 2.65. The van der Waals surface area contributed by atoms with Gasteiger partial charge >= 0.3 is 0 Å². The molecular formula is C10H20ClO2. The maximum atomic E-state index is 5.55. The molecule has 2 nitrogen and oxygen atoms in total. The van der Waals surface area contributed by atoms with Crippen molar-refractivity contribution in [2.24, 2.45) is 0 Å². The fraction of sp³-hybridized carbons (Fsp3) is 0.900. The summed E-state index contributed by atoms with van der Waals surface area (Å²) < 4.78 is 10.4. The molecule has 13 heavy (non-hydrogen) atoms. The van der Waals surface area contributed by atoms with Crippen LogP contribution in [0.1, 0.15) is 25.7 Å². The summed E-state index contributed by atoms with van der Waals surface area (Å²) in [6, 6.07) is 0. The maximum Gasteiger partial charge on any atom is 0.0700 e. The highest BCUT2D eigenvalue weighted by molar-refractivity contribution is 6.17. The number of halogens is 1. The lowest BCUT2D eigenvalue weighted by Crippen LogP contribution is -2.04. The first kappa shape index (κ1) is 13.2. The largest absolute Gasteiger partial charge is 0.379 e. The van der Waals surface area contributed by atoms with Gasteiger partial charge in [-0.2, -0.15) is 0 Å². The van der Waals surface area contributed by atoms with Gasteiger partial charge in [0.15, 0.2) is 0 Å². The number of ether oxygens (including phenoxy) is 2. The third kappa shape index (κ3) is 12.2. The Morgan fingerprint density at radius 1 is 0.846 bits per heavy atom. The average Bonchev–Trinajstić information content (AvgIpc) is 2.16. The van der Waals surface area contributed by atoms with Crippen molar-refractivity contribution in [3.63, 3.8) is 0 Å². The van der Waals surface area contributed by atoms with Gasteiger partial charge in [0.05, 0.1) is 13.2 Å². The zero-order chi connectivity index (χ0) is 9.78. The topological polar surface area (TPSA) is 18.5 Å². The van der Waals surface area contributed by atoms with E-state index in [-0.39, 0.29) is 0 Å².